The van der Waals surface area contributed by atoms with Crippen LogP contribution in [0.15, 0.2) is 36.7 Å². The molecule has 2 aromatic rings. The van der Waals surface area contributed by atoms with E-state index in [9.17, 15) is 4.79 Å². The molecule has 0 unspecified atom stereocenters. The van der Waals surface area contributed by atoms with Gasteiger partial charge in [-0.3, -0.25) is 9.48 Å². The Hall–Kier alpha value is -2.10. The minimum Gasteiger partial charge on any atom is -0.338 e. The lowest BCUT2D eigenvalue weighted by atomic mass is 10.1. The summed E-state index contributed by atoms with van der Waals surface area (Å²) < 4.78 is 1.98. The normalized spacial score (nSPS) is 25.9. The van der Waals surface area contributed by atoms with Gasteiger partial charge in [0.15, 0.2) is 0 Å². The molecule has 24 heavy (non-hydrogen) atoms. The van der Waals surface area contributed by atoms with E-state index in [4.69, 9.17) is 0 Å². The molecule has 1 saturated heterocycles. The van der Waals surface area contributed by atoms with E-state index in [2.05, 4.69) is 54.3 Å². The number of amides is 1. The predicted molar refractivity (Wildman–Crippen MR) is 93.7 cm³/mol. The number of nitrogens with zero attached hydrogens (tertiary/aromatic N) is 3. The van der Waals surface area contributed by atoms with Crippen molar-refractivity contribution in [1.82, 2.24) is 14.7 Å². The molecule has 1 saturated carbocycles. The van der Waals surface area contributed by atoms with Crippen LogP contribution in [-0.4, -0.2) is 33.2 Å². The second kappa shape index (κ2) is 6.08. The molecule has 1 aliphatic carbocycles. The molecule has 3 atom stereocenters. The first kappa shape index (κ1) is 15.4. The molecule has 2 fully saturated rings. The number of likely N-dealkylation sites (tertiary alicyclic amines) is 1. The first-order chi connectivity index (χ1) is 11.6. The van der Waals surface area contributed by atoms with Crippen LogP contribution in [0.4, 0.5) is 0 Å². The lowest BCUT2D eigenvalue weighted by Crippen LogP contribution is -2.39. The average Bonchev–Trinajstić information content (AvgIpc) is 3.06. The maximum atomic E-state index is 13.0. The molecule has 0 radical (unpaired) electrons. The van der Waals surface area contributed by atoms with Crippen LogP contribution in [0.25, 0.3) is 0 Å². The lowest BCUT2D eigenvalue weighted by Gasteiger charge is -2.25. The summed E-state index contributed by atoms with van der Waals surface area (Å²) in [6, 6.07) is 8.91. The van der Waals surface area contributed by atoms with Crippen LogP contribution in [0.2, 0.25) is 0 Å². The Morgan fingerprint density at radius 3 is 2.92 bits per heavy atom. The Kier molecular flexibility index (Phi) is 3.91. The van der Waals surface area contributed by atoms with E-state index in [0.717, 1.165) is 32.4 Å². The molecule has 1 aromatic carbocycles. The van der Waals surface area contributed by atoms with Crippen molar-refractivity contribution < 1.29 is 4.79 Å². The summed E-state index contributed by atoms with van der Waals surface area (Å²) in [5, 5.41) is 4.38. The second-order valence-corrected chi connectivity index (χ2v) is 7.43. The van der Waals surface area contributed by atoms with Crippen LogP contribution < -0.4 is 0 Å². The third kappa shape index (κ3) is 2.97. The van der Waals surface area contributed by atoms with Crippen LogP contribution in [0.3, 0.4) is 0 Å². The predicted octanol–water partition coefficient (Wildman–Crippen LogP) is 3.29. The topological polar surface area (TPSA) is 38.1 Å². The van der Waals surface area contributed by atoms with Gasteiger partial charge in [-0.15, -0.1) is 0 Å². The molecule has 4 rings (SSSR count). The highest BCUT2D eigenvalue weighted by molar-refractivity contribution is 5.83. The van der Waals surface area contributed by atoms with Crippen molar-refractivity contribution in [3.05, 3.63) is 53.3 Å². The molecule has 0 N–H and O–H groups in total. The van der Waals surface area contributed by atoms with Gasteiger partial charge in [0.05, 0.1) is 18.8 Å². The molecular weight excluding hydrogens is 298 g/mol. The minimum atomic E-state index is 0.187. The summed E-state index contributed by atoms with van der Waals surface area (Å²) in [6.45, 7) is 5.89. The SMILES string of the molecule is Cc1cccc([C@@H]2C[C@H]2C(=O)N2CCC[C@H]2Cn2cc(C)cn2)c1. The monoisotopic (exact) mass is 323 g/mol. The molecule has 1 amide bonds. The van der Waals surface area contributed by atoms with Gasteiger partial charge in [-0.1, -0.05) is 29.8 Å². The highest BCUT2D eigenvalue weighted by Gasteiger charge is 2.47. The highest BCUT2D eigenvalue weighted by atomic mass is 16.2. The van der Waals surface area contributed by atoms with E-state index in [0.29, 0.717) is 17.9 Å². The van der Waals surface area contributed by atoms with Gasteiger partial charge >= 0.3 is 0 Å². The van der Waals surface area contributed by atoms with Crippen molar-refractivity contribution in [3.8, 4) is 0 Å². The Morgan fingerprint density at radius 1 is 1.29 bits per heavy atom. The molecule has 2 heterocycles. The molecule has 126 valence electrons. The van der Waals surface area contributed by atoms with Crippen molar-refractivity contribution in [3.63, 3.8) is 0 Å². The Labute approximate surface area is 143 Å². The zero-order valence-electron chi connectivity index (χ0n) is 14.5. The molecule has 0 bridgehead atoms. The van der Waals surface area contributed by atoms with Gasteiger partial charge in [0.25, 0.3) is 0 Å². The number of hydrogen-bond donors (Lipinski definition) is 0. The number of carbonyl (C=O) groups is 1. The zero-order chi connectivity index (χ0) is 16.7. The van der Waals surface area contributed by atoms with Crippen LogP contribution in [0.1, 0.15) is 41.9 Å². The number of aromatic nitrogens is 2. The van der Waals surface area contributed by atoms with Gasteiger partial charge < -0.3 is 4.90 Å². The molecule has 2 aliphatic rings. The maximum absolute atomic E-state index is 13.0. The van der Waals surface area contributed by atoms with Gasteiger partial charge in [0.1, 0.15) is 0 Å². The Bertz CT molecular complexity index is 751. The summed E-state index contributed by atoms with van der Waals surface area (Å²) in [4.78, 5) is 15.1. The fourth-order valence-corrected chi connectivity index (χ4v) is 4.05. The summed E-state index contributed by atoms with van der Waals surface area (Å²) in [5.74, 6) is 0.963. The quantitative estimate of drug-likeness (QED) is 0.866. The molecule has 0 spiro atoms. The van der Waals surface area contributed by atoms with E-state index in [1.807, 2.05) is 10.9 Å². The van der Waals surface area contributed by atoms with Crippen molar-refractivity contribution in [1.29, 1.82) is 0 Å². The van der Waals surface area contributed by atoms with Crippen molar-refractivity contribution in [2.45, 2.75) is 51.6 Å². The number of benzene rings is 1. The second-order valence-electron chi connectivity index (χ2n) is 7.43. The number of aryl methyl sites for hydroxylation is 2. The van der Waals surface area contributed by atoms with Crippen LogP contribution in [0.5, 0.6) is 0 Å². The summed E-state index contributed by atoms with van der Waals surface area (Å²) in [7, 11) is 0. The maximum Gasteiger partial charge on any atom is 0.226 e. The first-order valence-corrected chi connectivity index (χ1v) is 8.98. The third-order valence-corrected chi connectivity index (χ3v) is 5.40. The Morgan fingerprint density at radius 2 is 2.17 bits per heavy atom. The van der Waals surface area contributed by atoms with Crippen molar-refractivity contribution in [2.24, 2.45) is 5.92 Å². The minimum absolute atomic E-state index is 0.187. The van der Waals surface area contributed by atoms with Gasteiger partial charge in [-0.25, -0.2) is 0 Å². The van der Waals surface area contributed by atoms with E-state index in [1.165, 1.54) is 16.7 Å². The van der Waals surface area contributed by atoms with E-state index >= 15 is 0 Å². The molecule has 4 heteroatoms. The van der Waals surface area contributed by atoms with Crippen molar-refractivity contribution >= 4 is 5.91 Å². The van der Waals surface area contributed by atoms with Crippen LogP contribution in [0, 0.1) is 19.8 Å². The Balaban J connectivity index is 1.42. The number of rotatable bonds is 4. The van der Waals surface area contributed by atoms with Gasteiger partial charge in [0, 0.05) is 18.7 Å². The van der Waals surface area contributed by atoms with Gasteiger partial charge in [-0.05, 0) is 50.2 Å². The molecule has 1 aromatic heterocycles. The zero-order valence-corrected chi connectivity index (χ0v) is 14.5. The fourth-order valence-electron chi connectivity index (χ4n) is 4.05. The fraction of sp³-hybridized carbons (Fsp3) is 0.500. The molecular formula is C20H25N3O. The van der Waals surface area contributed by atoms with E-state index in [1.54, 1.807) is 0 Å². The smallest absolute Gasteiger partial charge is 0.226 e. The van der Waals surface area contributed by atoms with Gasteiger partial charge in [0.2, 0.25) is 5.91 Å². The third-order valence-electron chi connectivity index (χ3n) is 5.40. The van der Waals surface area contributed by atoms with Crippen LogP contribution in [-0.2, 0) is 11.3 Å². The standard InChI is InChI=1S/C20H25N3O/c1-14-5-3-6-16(9-14)18-10-19(18)20(24)23-8-4-7-17(23)13-22-12-15(2)11-21-22/h3,5-6,9,11-12,17-19H,4,7-8,10,13H2,1-2H3/t17-,18-,19+/m0/s1. The summed E-state index contributed by atoms with van der Waals surface area (Å²) >= 11 is 0. The molecule has 1 aliphatic heterocycles. The number of carbonyl (C=O) groups excluding carboxylic acids is 1. The van der Waals surface area contributed by atoms with E-state index < -0.39 is 0 Å². The highest BCUT2D eigenvalue weighted by Crippen LogP contribution is 2.49. The number of hydrogen-bond acceptors (Lipinski definition) is 2. The summed E-state index contributed by atoms with van der Waals surface area (Å²) in [6.07, 6.45) is 7.15. The summed E-state index contributed by atoms with van der Waals surface area (Å²) in [5.41, 5.74) is 3.78. The van der Waals surface area contributed by atoms with Crippen molar-refractivity contribution in [2.75, 3.05) is 6.54 Å². The molecule has 4 nitrogen and oxygen atoms in total. The average molecular weight is 323 g/mol. The van der Waals surface area contributed by atoms with E-state index in [-0.39, 0.29) is 5.92 Å². The largest absolute Gasteiger partial charge is 0.338 e. The first-order valence-electron chi connectivity index (χ1n) is 8.98. The van der Waals surface area contributed by atoms with Gasteiger partial charge in [-0.2, -0.15) is 5.10 Å². The lowest BCUT2D eigenvalue weighted by molar-refractivity contribution is -0.133. The van der Waals surface area contributed by atoms with Crippen LogP contribution >= 0.6 is 0 Å².